The van der Waals surface area contributed by atoms with E-state index in [2.05, 4.69) is 25.7 Å². The Morgan fingerprint density at radius 1 is 1.46 bits per heavy atom. The van der Waals surface area contributed by atoms with Crippen LogP contribution in [-0.2, 0) is 0 Å². The minimum absolute atomic E-state index is 0. The van der Waals surface area contributed by atoms with Crippen LogP contribution in [0.4, 0.5) is 8.78 Å². The van der Waals surface area contributed by atoms with Gasteiger partial charge in [0.05, 0.1) is 0 Å². The molecule has 0 spiro atoms. The van der Waals surface area contributed by atoms with Crippen molar-refractivity contribution >= 4 is 41.5 Å². The Morgan fingerprint density at radius 3 is 2.54 bits per heavy atom. The van der Waals surface area contributed by atoms with Gasteiger partial charge in [-0.3, -0.25) is 0 Å². The van der Waals surface area contributed by atoms with Gasteiger partial charge in [-0.05, 0) is 0 Å². The van der Waals surface area contributed by atoms with Gasteiger partial charge in [-0.2, -0.15) is 0 Å². The molecule has 2 nitrogen and oxygen atoms in total. The van der Waals surface area contributed by atoms with E-state index in [0.717, 1.165) is 3.82 Å². The molecule has 1 aromatic heterocycles. The molecule has 0 aliphatic carbocycles. The second-order valence-corrected chi connectivity index (χ2v) is 3.45. The molecule has 1 aromatic rings. The maximum atomic E-state index is 11.7. The van der Waals surface area contributed by atoms with Crippen LogP contribution in [0.2, 0.25) is 0 Å². The van der Waals surface area contributed by atoms with Gasteiger partial charge in [0.25, 0.3) is 0 Å². The first kappa shape index (κ1) is 13.3. The molecule has 1 heterocycles. The van der Waals surface area contributed by atoms with Gasteiger partial charge in [0.2, 0.25) is 0 Å². The Morgan fingerprint density at radius 2 is 2.08 bits per heavy atom. The number of halogens is 4. The van der Waals surface area contributed by atoms with Crippen molar-refractivity contribution in [3.8, 4) is 5.75 Å². The van der Waals surface area contributed by atoms with Crippen molar-refractivity contribution in [2.24, 2.45) is 0 Å². The SMILES string of the molecule is FC(F)Oc1cc[c]([Mg+])nc1Br.[Cl-]. The van der Waals surface area contributed by atoms with E-state index >= 15 is 0 Å². The summed E-state index contributed by atoms with van der Waals surface area (Å²) in [6.45, 7) is -2.81. The quantitative estimate of drug-likeness (QED) is 0.474. The van der Waals surface area contributed by atoms with Crippen molar-refractivity contribution in [1.82, 2.24) is 4.98 Å². The molecule has 0 amide bonds. The minimum Gasteiger partial charge on any atom is -1.00 e. The molecule has 0 aromatic carbocycles. The normalized spacial score (nSPS) is 9.69. The van der Waals surface area contributed by atoms with Crippen molar-refractivity contribution in [3.63, 3.8) is 0 Å². The average molecular weight is 283 g/mol. The maximum absolute atomic E-state index is 11.7. The molecule has 0 atom stereocenters. The van der Waals surface area contributed by atoms with Crippen LogP contribution in [0.3, 0.4) is 0 Å². The maximum Gasteiger partial charge on any atom is -1.00 e. The Labute approximate surface area is 101 Å². The van der Waals surface area contributed by atoms with Gasteiger partial charge < -0.3 is 12.4 Å². The number of hydrogen-bond donors (Lipinski definition) is 0. The summed E-state index contributed by atoms with van der Waals surface area (Å²) in [5.74, 6) is 0.0559. The van der Waals surface area contributed by atoms with Crippen LogP contribution in [0.5, 0.6) is 5.75 Å². The van der Waals surface area contributed by atoms with Gasteiger partial charge in [0.15, 0.2) is 0 Å². The fraction of sp³-hybridized carbons (Fsp3) is 0.167. The van der Waals surface area contributed by atoms with Crippen molar-refractivity contribution in [1.29, 1.82) is 0 Å². The van der Waals surface area contributed by atoms with E-state index in [1.807, 2.05) is 0 Å². The second-order valence-electron chi connectivity index (χ2n) is 1.97. The third-order valence-corrected chi connectivity index (χ3v) is 2.05. The van der Waals surface area contributed by atoms with Crippen molar-refractivity contribution in [3.05, 3.63) is 16.7 Å². The predicted molar refractivity (Wildman–Crippen MR) is 44.0 cm³/mol. The monoisotopic (exact) mass is 281 g/mol. The largest absolute Gasteiger partial charge is 1.00 e. The number of nitrogens with zero attached hydrogens (tertiary/aromatic N) is 1. The van der Waals surface area contributed by atoms with Gasteiger partial charge in [-0.15, -0.1) is 0 Å². The molecule has 0 fully saturated rings. The molecule has 7 heteroatoms. The number of alkyl halides is 2. The topological polar surface area (TPSA) is 22.1 Å². The van der Waals surface area contributed by atoms with E-state index in [1.54, 1.807) is 27.8 Å². The van der Waals surface area contributed by atoms with E-state index in [0.29, 0.717) is 4.60 Å². The molecule has 13 heavy (non-hydrogen) atoms. The molecule has 0 unspecified atom stereocenters. The zero-order valence-corrected chi connectivity index (χ0v) is 10.1. The molecular formula is C6H3BrClF2MgNO. The summed E-state index contributed by atoms with van der Waals surface area (Å²) in [6, 6.07) is 3.06. The van der Waals surface area contributed by atoms with Crippen LogP contribution in [0.1, 0.15) is 0 Å². The Balaban J connectivity index is 0.00000144. The summed E-state index contributed by atoms with van der Waals surface area (Å²) in [6.07, 6.45) is 0. The second kappa shape index (κ2) is 5.95. The minimum atomic E-state index is -2.81. The molecule has 0 saturated carbocycles. The van der Waals surface area contributed by atoms with E-state index in [1.165, 1.54) is 6.07 Å². The first-order valence-corrected chi connectivity index (χ1v) is 4.53. The summed E-state index contributed by atoms with van der Waals surface area (Å²) in [4.78, 5) is 3.90. The van der Waals surface area contributed by atoms with Crippen LogP contribution in [0.15, 0.2) is 16.7 Å². The third kappa shape index (κ3) is 4.39. The first-order valence-electron chi connectivity index (χ1n) is 3.03. The summed E-state index contributed by atoms with van der Waals surface area (Å²) in [5.41, 5.74) is 0. The summed E-state index contributed by atoms with van der Waals surface area (Å²) < 4.78 is 28.7. The fourth-order valence-corrected chi connectivity index (χ4v) is 1.60. The standard InChI is InChI=1S/C6H3BrF2NO.ClH.Mg/c7-5-4(11-6(8)9)2-1-3-10-5;;/h1-2,6H;1H;/q;;+1/p-1. The third-order valence-electron chi connectivity index (χ3n) is 1.09. The van der Waals surface area contributed by atoms with E-state index in [-0.39, 0.29) is 18.2 Å². The molecule has 1 rings (SSSR count). The zero-order chi connectivity index (χ0) is 9.14. The Kier molecular flexibility index (Phi) is 6.11. The Hall–Kier alpha value is 0.346. The van der Waals surface area contributed by atoms with Crippen LogP contribution in [0.25, 0.3) is 0 Å². The molecular weight excluding hydrogens is 280 g/mol. The summed E-state index contributed by atoms with van der Waals surface area (Å²) in [5, 5.41) is 0. The molecule has 0 saturated heterocycles. The van der Waals surface area contributed by atoms with Crippen LogP contribution < -0.4 is 21.0 Å². The van der Waals surface area contributed by atoms with Gasteiger partial charge in [-0.25, -0.2) is 0 Å². The smallest absolute Gasteiger partial charge is 1.00 e. The average Bonchev–Trinajstić information content (AvgIpc) is 1.94. The molecule has 0 bridgehead atoms. The summed E-state index contributed by atoms with van der Waals surface area (Å²) in [7, 11) is 0. The van der Waals surface area contributed by atoms with Crippen LogP contribution in [-0.4, -0.2) is 33.3 Å². The van der Waals surface area contributed by atoms with E-state index in [4.69, 9.17) is 0 Å². The van der Waals surface area contributed by atoms with Crippen LogP contribution in [0, 0.1) is 0 Å². The number of hydrogen-bond acceptors (Lipinski definition) is 2. The molecule has 0 radical (unpaired) electrons. The van der Waals surface area contributed by atoms with Crippen molar-refractivity contribution < 1.29 is 25.9 Å². The number of rotatable bonds is 2. The molecule has 68 valence electrons. The fourth-order valence-electron chi connectivity index (χ4n) is 0.643. The van der Waals surface area contributed by atoms with Gasteiger partial charge in [0, 0.05) is 0 Å². The van der Waals surface area contributed by atoms with Gasteiger partial charge in [0.1, 0.15) is 0 Å². The van der Waals surface area contributed by atoms with Gasteiger partial charge in [-0.1, -0.05) is 0 Å². The van der Waals surface area contributed by atoms with Crippen molar-refractivity contribution in [2.45, 2.75) is 6.61 Å². The molecule has 0 aliphatic heterocycles. The van der Waals surface area contributed by atoms with E-state index < -0.39 is 6.61 Å². The zero-order valence-electron chi connectivity index (χ0n) is 6.31. The van der Waals surface area contributed by atoms with Gasteiger partial charge >= 0.3 is 89.1 Å². The van der Waals surface area contributed by atoms with E-state index in [9.17, 15) is 8.78 Å². The number of pyridine rings is 1. The van der Waals surface area contributed by atoms with Crippen LogP contribution >= 0.6 is 15.9 Å². The van der Waals surface area contributed by atoms with Crippen molar-refractivity contribution in [2.75, 3.05) is 0 Å². The summed E-state index contributed by atoms with van der Waals surface area (Å²) >= 11 is 4.58. The molecule has 0 aliphatic rings. The first-order chi connectivity index (χ1) is 5.59. The Bertz CT molecular complexity index is 289. The number of ether oxygens (including phenoxy) is 1. The number of aromatic nitrogens is 1. The molecule has 0 N–H and O–H groups in total. The predicted octanol–water partition coefficient (Wildman–Crippen LogP) is -1.76.